The third-order valence-corrected chi connectivity index (χ3v) is 4.88. The van der Waals surface area contributed by atoms with Crippen molar-refractivity contribution in [1.82, 2.24) is 30.3 Å². The van der Waals surface area contributed by atoms with Gasteiger partial charge in [0.1, 0.15) is 12.2 Å². The summed E-state index contributed by atoms with van der Waals surface area (Å²) in [6.07, 6.45) is 2.65. The number of guanidine groups is 1. The van der Waals surface area contributed by atoms with Crippen molar-refractivity contribution in [3.8, 4) is 0 Å². The maximum absolute atomic E-state index is 4.26. The van der Waals surface area contributed by atoms with Gasteiger partial charge in [-0.15, -0.1) is 24.0 Å². The average Bonchev–Trinajstić information content (AvgIpc) is 3.13. The minimum absolute atomic E-state index is 0. The third kappa shape index (κ3) is 6.62. The van der Waals surface area contributed by atoms with Crippen molar-refractivity contribution in [3.63, 3.8) is 0 Å². The molecule has 0 radical (unpaired) electrons. The van der Waals surface area contributed by atoms with Crippen LogP contribution in [0.3, 0.4) is 0 Å². The van der Waals surface area contributed by atoms with E-state index in [4.69, 9.17) is 0 Å². The fourth-order valence-electron chi connectivity index (χ4n) is 3.24. The van der Waals surface area contributed by atoms with Crippen molar-refractivity contribution < 1.29 is 0 Å². The van der Waals surface area contributed by atoms with Gasteiger partial charge in [-0.3, -0.25) is 14.6 Å². The first-order chi connectivity index (χ1) is 13.3. The number of hydrogen-bond acceptors (Lipinski definition) is 5. The summed E-state index contributed by atoms with van der Waals surface area (Å²) in [6.45, 7) is 7.05. The van der Waals surface area contributed by atoms with Gasteiger partial charge in [-0.2, -0.15) is 5.10 Å². The molecule has 28 heavy (non-hydrogen) atoms. The van der Waals surface area contributed by atoms with Crippen molar-refractivity contribution >= 4 is 35.6 Å². The lowest BCUT2D eigenvalue weighted by atomic mass is 10.2. The molecular weight excluding hydrogens is 467 g/mol. The van der Waals surface area contributed by atoms with Crippen molar-refractivity contribution in [2.45, 2.75) is 13.0 Å². The van der Waals surface area contributed by atoms with Crippen LogP contribution in [0.15, 0.2) is 41.7 Å². The van der Waals surface area contributed by atoms with E-state index in [-0.39, 0.29) is 24.0 Å². The van der Waals surface area contributed by atoms with E-state index in [0.29, 0.717) is 6.54 Å². The molecule has 1 saturated heterocycles. The molecule has 1 aliphatic rings. The van der Waals surface area contributed by atoms with Gasteiger partial charge in [-0.25, -0.2) is 4.98 Å². The number of nitrogens with one attached hydrogen (secondary N) is 2. The van der Waals surface area contributed by atoms with E-state index in [9.17, 15) is 0 Å². The summed E-state index contributed by atoms with van der Waals surface area (Å²) in [5.41, 5.74) is 1.33. The first-order valence-electron chi connectivity index (χ1n) is 9.56. The van der Waals surface area contributed by atoms with Gasteiger partial charge >= 0.3 is 0 Å². The highest BCUT2D eigenvalue weighted by molar-refractivity contribution is 14.0. The Morgan fingerprint density at radius 3 is 2.50 bits per heavy atom. The summed E-state index contributed by atoms with van der Waals surface area (Å²) in [5.74, 6) is 1.68. The van der Waals surface area contributed by atoms with Gasteiger partial charge in [-0.1, -0.05) is 18.2 Å². The fraction of sp³-hybridized carbons (Fsp3) is 0.526. The molecule has 0 spiro atoms. The van der Waals surface area contributed by atoms with Crippen LogP contribution < -0.4 is 15.5 Å². The van der Waals surface area contributed by atoms with E-state index in [2.05, 4.69) is 65.8 Å². The smallest absolute Gasteiger partial charge is 0.191 e. The monoisotopic (exact) mass is 498 g/mol. The molecule has 1 aromatic carbocycles. The third-order valence-electron chi connectivity index (χ3n) is 4.88. The van der Waals surface area contributed by atoms with Crippen LogP contribution >= 0.6 is 24.0 Å². The maximum atomic E-state index is 4.26. The summed E-state index contributed by atoms with van der Waals surface area (Å²) in [6, 6.07) is 10.7. The first kappa shape index (κ1) is 22.4. The number of piperazine rings is 1. The number of anilines is 1. The molecule has 1 aliphatic heterocycles. The number of aromatic nitrogens is 3. The standard InChI is InChI=1S/C19H30N8.HI/c1-20-19(22-15-18-23-16-24-25(18)2)21-9-6-10-26-11-13-27(14-12-26)17-7-4-3-5-8-17;/h3-5,7-8,16H,6,9-15H2,1-2H3,(H2,20,21,22);1H. The minimum Gasteiger partial charge on any atom is -0.369 e. The summed E-state index contributed by atoms with van der Waals surface area (Å²) in [7, 11) is 3.67. The van der Waals surface area contributed by atoms with Gasteiger partial charge in [0, 0.05) is 52.5 Å². The number of aliphatic imine (C=N–C) groups is 1. The molecule has 2 heterocycles. The molecule has 0 saturated carbocycles. The number of rotatable bonds is 7. The molecule has 0 amide bonds. The number of aryl methyl sites for hydroxylation is 1. The van der Waals surface area contributed by atoms with E-state index < -0.39 is 0 Å². The molecule has 0 aliphatic carbocycles. The lowest BCUT2D eigenvalue weighted by Gasteiger charge is -2.36. The van der Waals surface area contributed by atoms with Gasteiger partial charge < -0.3 is 15.5 Å². The van der Waals surface area contributed by atoms with Crippen LogP contribution in [0.25, 0.3) is 0 Å². The predicted molar refractivity (Wildman–Crippen MR) is 124 cm³/mol. The minimum atomic E-state index is 0. The summed E-state index contributed by atoms with van der Waals surface area (Å²) in [5, 5.41) is 10.7. The van der Waals surface area contributed by atoms with Gasteiger partial charge in [0.05, 0.1) is 6.54 Å². The maximum Gasteiger partial charge on any atom is 0.191 e. The van der Waals surface area contributed by atoms with Crippen molar-refractivity contribution in [2.24, 2.45) is 12.0 Å². The van der Waals surface area contributed by atoms with Crippen LogP contribution in [0, 0.1) is 0 Å². The van der Waals surface area contributed by atoms with Crippen LogP contribution in [-0.2, 0) is 13.6 Å². The highest BCUT2D eigenvalue weighted by atomic mass is 127. The number of benzene rings is 1. The Morgan fingerprint density at radius 1 is 1.11 bits per heavy atom. The Kier molecular flexibility index (Phi) is 9.48. The Balaban J connectivity index is 0.00000280. The molecule has 2 aromatic rings. The molecule has 0 unspecified atom stereocenters. The quantitative estimate of drug-likeness (QED) is 0.260. The number of para-hydroxylation sites is 1. The Bertz CT molecular complexity index is 710. The van der Waals surface area contributed by atoms with Crippen LogP contribution in [0.1, 0.15) is 12.2 Å². The zero-order valence-corrected chi connectivity index (χ0v) is 19.0. The van der Waals surface area contributed by atoms with E-state index in [0.717, 1.165) is 57.5 Å². The van der Waals surface area contributed by atoms with Crippen LogP contribution in [0.5, 0.6) is 0 Å². The molecule has 9 heteroatoms. The largest absolute Gasteiger partial charge is 0.369 e. The van der Waals surface area contributed by atoms with Crippen molar-refractivity contribution in [3.05, 3.63) is 42.5 Å². The Labute approximate surface area is 184 Å². The van der Waals surface area contributed by atoms with E-state index in [1.54, 1.807) is 18.1 Å². The Hall–Kier alpha value is -1.88. The molecule has 3 rings (SSSR count). The molecule has 154 valence electrons. The zero-order valence-electron chi connectivity index (χ0n) is 16.7. The topological polar surface area (TPSA) is 73.6 Å². The zero-order chi connectivity index (χ0) is 18.9. The molecule has 8 nitrogen and oxygen atoms in total. The number of nitrogens with zero attached hydrogens (tertiary/aromatic N) is 6. The highest BCUT2D eigenvalue weighted by Gasteiger charge is 2.16. The summed E-state index contributed by atoms with van der Waals surface area (Å²) < 4.78 is 1.76. The predicted octanol–water partition coefficient (Wildman–Crippen LogP) is 1.31. The SMILES string of the molecule is CN=C(NCCCN1CCN(c2ccccc2)CC1)NCc1ncnn1C.I. The number of hydrogen-bond donors (Lipinski definition) is 2. The van der Waals surface area contributed by atoms with Gasteiger partial charge in [0.25, 0.3) is 0 Å². The van der Waals surface area contributed by atoms with Gasteiger partial charge in [-0.05, 0) is 25.1 Å². The lowest BCUT2D eigenvalue weighted by molar-refractivity contribution is 0.255. The van der Waals surface area contributed by atoms with Gasteiger partial charge in [0.2, 0.25) is 0 Å². The number of halogens is 1. The average molecular weight is 498 g/mol. The van der Waals surface area contributed by atoms with E-state index in [1.807, 2.05) is 7.05 Å². The van der Waals surface area contributed by atoms with Crippen LogP contribution in [-0.4, -0.2) is 71.9 Å². The van der Waals surface area contributed by atoms with E-state index >= 15 is 0 Å². The molecule has 2 N–H and O–H groups in total. The molecule has 0 bridgehead atoms. The molecule has 0 atom stereocenters. The normalized spacial score (nSPS) is 15.2. The van der Waals surface area contributed by atoms with Crippen molar-refractivity contribution in [1.29, 1.82) is 0 Å². The lowest BCUT2D eigenvalue weighted by Crippen LogP contribution is -2.47. The second-order valence-electron chi connectivity index (χ2n) is 6.67. The second kappa shape index (κ2) is 11.8. The second-order valence-corrected chi connectivity index (χ2v) is 6.67. The van der Waals surface area contributed by atoms with E-state index in [1.165, 1.54) is 5.69 Å². The Morgan fingerprint density at radius 2 is 1.86 bits per heavy atom. The summed E-state index contributed by atoms with van der Waals surface area (Å²) >= 11 is 0. The molecular formula is C19H31IN8. The fourth-order valence-corrected chi connectivity index (χ4v) is 3.24. The van der Waals surface area contributed by atoms with Crippen molar-refractivity contribution in [2.75, 3.05) is 51.2 Å². The van der Waals surface area contributed by atoms with Crippen LogP contribution in [0.4, 0.5) is 5.69 Å². The first-order valence-corrected chi connectivity index (χ1v) is 9.56. The van der Waals surface area contributed by atoms with Gasteiger partial charge in [0.15, 0.2) is 5.96 Å². The summed E-state index contributed by atoms with van der Waals surface area (Å²) in [4.78, 5) is 13.5. The highest BCUT2D eigenvalue weighted by Crippen LogP contribution is 2.15. The molecule has 1 aromatic heterocycles. The van der Waals surface area contributed by atoms with Crippen LogP contribution in [0.2, 0.25) is 0 Å². The molecule has 1 fully saturated rings.